The number of halogens is 1. The third kappa shape index (κ3) is 3.58. The summed E-state index contributed by atoms with van der Waals surface area (Å²) < 4.78 is 40.1. The quantitative estimate of drug-likeness (QED) is 0.834. The van der Waals surface area contributed by atoms with Crippen molar-refractivity contribution in [2.75, 3.05) is 7.05 Å². The maximum Gasteiger partial charge on any atom is 0.243 e. The summed E-state index contributed by atoms with van der Waals surface area (Å²) in [5, 5.41) is 0. The Labute approximate surface area is 121 Å². The maximum absolute atomic E-state index is 13.3. The van der Waals surface area contributed by atoms with E-state index >= 15 is 0 Å². The van der Waals surface area contributed by atoms with Crippen LogP contribution in [0.5, 0.6) is 0 Å². The predicted molar refractivity (Wildman–Crippen MR) is 79.7 cm³/mol. The minimum atomic E-state index is -3.60. The lowest BCUT2D eigenvalue weighted by Gasteiger charge is -2.27. The van der Waals surface area contributed by atoms with E-state index in [1.165, 1.54) is 16.4 Å². The number of nitrogens with zero attached hydrogens (tertiary/aromatic N) is 1. The van der Waals surface area contributed by atoms with Crippen LogP contribution in [0.25, 0.3) is 0 Å². The molecule has 0 aliphatic carbocycles. The zero-order valence-corrected chi connectivity index (χ0v) is 13.9. The molecule has 0 saturated heterocycles. The van der Waals surface area contributed by atoms with Gasteiger partial charge in [0.05, 0.1) is 4.90 Å². The van der Waals surface area contributed by atoms with Crippen LogP contribution < -0.4 is 0 Å². The van der Waals surface area contributed by atoms with E-state index < -0.39 is 15.8 Å². The van der Waals surface area contributed by atoms with Crippen molar-refractivity contribution in [2.24, 2.45) is 5.92 Å². The molecule has 5 heteroatoms. The molecule has 3 nitrogen and oxygen atoms in total. The average Bonchev–Trinajstić information content (AvgIpc) is 2.24. The van der Waals surface area contributed by atoms with Gasteiger partial charge in [0.1, 0.15) is 5.82 Å². The van der Waals surface area contributed by atoms with Crippen molar-refractivity contribution < 1.29 is 12.8 Å². The highest BCUT2D eigenvalue weighted by molar-refractivity contribution is 7.89. The average molecular weight is 301 g/mol. The number of rotatable bonds is 5. The van der Waals surface area contributed by atoms with Gasteiger partial charge in [0.25, 0.3) is 0 Å². The third-order valence-electron chi connectivity index (χ3n) is 3.50. The monoisotopic (exact) mass is 301 g/mol. The smallest absolute Gasteiger partial charge is 0.207 e. The first-order chi connectivity index (χ1) is 9.07. The molecule has 1 rings (SSSR count). The Kier molecular flexibility index (Phi) is 5.33. The number of benzene rings is 1. The van der Waals surface area contributed by atoms with Crippen LogP contribution in [0.4, 0.5) is 4.39 Å². The number of hydrogen-bond acceptors (Lipinski definition) is 2. The van der Waals surface area contributed by atoms with Gasteiger partial charge < -0.3 is 0 Å². The minimum Gasteiger partial charge on any atom is -0.207 e. The first-order valence-corrected chi connectivity index (χ1v) is 8.26. The first-order valence-electron chi connectivity index (χ1n) is 6.82. The lowest BCUT2D eigenvalue weighted by atomic mass is 10.1. The maximum atomic E-state index is 13.3. The standard InChI is InChI=1S/C15H24FNO2S/c1-10(2)7-13(5)17(6)20(18,19)15-11(3)8-14(16)9-12(15)4/h8-10,13H,7H2,1-6H3. The first kappa shape index (κ1) is 17.1. The van der Waals surface area contributed by atoms with Crippen LogP contribution in [0.3, 0.4) is 0 Å². The number of sulfonamides is 1. The molecule has 0 aliphatic rings. The molecule has 0 spiro atoms. The van der Waals surface area contributed by atoms with Crippen molar-refractivity contribution in [3.8, 4) is 0 Å². The Morgan fingerprint density at radius 1 is 1.15 bits per heavy atom. The summed E-state index contributed by atoms with van der Waals surface area (Å²) in [6.07, 6.45) is 0.787. The molecular formula is C15H24FNO2S. The topological polar surface area (TPSA) is 37.4 Å². The van der Waals surface area contributed by atoms with Crippen molar-refractivity contribution >= 4 is 10.0 Å². The summed E-state index contributed by atoms with van der Waals surface area (Å²) in [7, 11) is -2.01. The van der Waals surface area contributed by atoms with Gasteiger partial charge in [0.2, 0.25) is 10.0 Å². The lowest BCUT2D eigenvalue weighted by Crippen LogP contribution is -2.36. The van der Waals surface area contributed by atoms with Gasteiger partial charge in [-0.1, -0.05) is 13.8 Å². The van der Waals surface area contributed by atoms with E-state index in [4.69, 9.17) is 0 Å². The lowest BCUT2D eigenvalue weighted by molar-refractivity contribution is 0.337. The molecule has 1 aromatic rings. The fraction of sp³-hybridized carbons (Fsp3) is 0.600. The second-order valence-corrected chi connectivity index (χ2v) is 7.80. The van der Waals surface area contributed by atoms with E-state index in [2.05, 4.69) is 13.8 Å². The summed E-state index contributed by atoms with van der Waals surface area (Å²) in [5.74, 6) is 0.00916. The molecule has 1 unspecified atom stereocenters. The Morgan fingerprint density at radius 3 is 2.00 bits per heavy atom. The van der Waals surface area contributed by atoms with E-state index in [0.717, 1.165) is 6.42 Å². The number of aryl methyl sites for hydroxylation is 2. The zero-order valence-electron chi connectivity index (χ0n) is 13.1. The van der Waals surface area contributed by atoms with Crippen LogP contribution in [-0.2, 0) is 10.0 Å². The van der Waals surface area contributed by atoms with Crippen molar-refractivity contribution in [2.45, 2.75) is 52.0 Å². The van der Waals surface area contributed by atoms with Crippen LogP contribution >= 0.6 is 0 Å². The summed E-state index contributed by atoms with van der Waals surface area (Å²) in [5.41, 5.74) is 0.900. The van der Waals surface area contributed by atoms with Crippen molar-refractivity contribution in [3.63, 3.8) is 0 Å². The highest BCUT2D eigenvalue weighted by Gasteiger charge is 2.28. The molecule has 1 aromatic carbocycles. The van der Waals surface area contributed by atoms with Crippen molar-refractivity contribution in [3.05, 3.63) is 29.1 Å². The van der Waals surface area contributed by atoms with Gasteiger partial charge in [0, 0.05) is 13.1 Å². The third-order valence-corrected chi connectivity index (χ3v) is 5.77. The highest BCUT2D eigenvalue weighted by Crippen LogP contribution is 2.26. The second kappa shape index (κ2) is 6.22. The Bertz CT molecular complexity index is 559. The molecule has 0 aliphatic heterocycles. The van der Waals surface area contributed by atoms with Crippen molar-refractivity contribution in [1.82, 2.24) is 4.31 Å². The van der Waals surface area contributed by atoms with Gasteiger partial charge in [-0.05, 0) is 56.4 Å². The fourth-order valence-corrected chi connectivity index (χ4v) is 4.30. The Hall–Kier alpha value is -0.940. The molecule has 0 radical (unpaired) electrons. The summed E-state index contributed by atoms with van der Waals surface area (Å²) in [6, 6.07) is 2.44. The van der Waals surface area contributed by atoms with Crippen molar-refractivity contribution in [1.29, 1.82) is 0 Å². The molecule has 20 heavy (non-hydrogen) atoms. The SMILES string of the molecule is Cc1cc(F)cc(C)c1S(=O)(=O)N(C)C(C)CC(C)C. The molecule has 0 heterocycles. The molecule has 114 valence electrons. The molecule has 1 atom stereocenters. The fourth-order valence-electron chi connectivity index (χ4n) is 2.52. The second-order valence-electron chi connectivity index (χ2n) is 5.87. The van der Waals surface area contributed by atoms with Gasteiger partial charge in [-0.15, -0.1) is 0 Å². The largest absolute Gasteiger partial charge is 0.243 e. The van der Waals surface area contributed by atoms with E-state index in [0.29, 0.717) is 17.0 Å². The van der Waals surface area contributed by atoms with E-state index in [-0.39, 0.29) is 10.9 Å². The molecule has 0 fully saturated rings. The molecular weight excluding hydrogens is 277 g/mol. The van der Waals surface area contributed by atoms with Gasteiger partial charge in [-0.3, -0.25) is 0 Å². The van der Waals surface area contributed by atoms with E-state index in [1.807, 2.05) is 6.92 Å². The van der Waals surface area contributed by atoms with Crippen LogP contribution in [0.1, 0.15) is 38.3 Å². The molecule has 0 aromatic heterocycles. The van der Waals surface area contributed by atoms with Gasteiger partial charge in [-0.25, -0.2) is 12.8 Å². The van der Waals surface area contributed by atoms with Gasteiger partial charge in [-0.2, -0.15) is 4.31 Å². The molecule has 0 amide bonds. The summed E-state index contributed by atoms with van der Waals surface area (Å²) in [6.45, 7) is 9.27. The normalized spacial score (nSPS) is 14.1. The number of hydrogen-bond donors (Lipinski definition) is 0. The summed E-state index contributed by atoms with van der Waals surface area (Å²) >= 11 is 0. The van der Waals surface area contributed by atoms with Crippen LogP contribution in [-0.4, -0.2) is 25.8 Å². The Balaban J connectivity index is 3.24. The molecule has 0 N–H and O–H groups in total. The molecule has 0 bridgehead atoms. The molecule has 0 saturated carbocycles. The summed E-state index contributed by atoms with van der Waals surface area (Å²) in [4.78, 5) is 0.219. The predicted octanol–water partition coefficient (Wildman–Crippen LogP) is 3.50. The van der Waals surface area contributed by atoms with Gasteiger partial charge >= 0.3 is 0 Å². The zero-order chi connectivity index (χ0) is 15.7. The van der Waals surface area contributed by atoms with Crippen LogP contribution in [0.2, 0.25) is 0 Å². The van der Waals surface area contributed by atoms with E-state index in [9.17, 15) is 12.8 Å². The Morgan fingerprint density at radius 2 is 1.60 bits per heavy atom. The van der Waals surface area contributed by atoms with E-state index in [1.54, 1.807) is 20.9 Å². The van der Waals surface area contributed by atoms with Crippen LogP contribution in [0.15, 0.2) is 17.0 Å². The van der Waals surface area contributed by atoms with Crippen LogP contribution in [0, 0.1) is 25.6 Å². The van der Waals surface area contributed by atoms with Gasteiger partial charge in [0.15, 0.2) is 0 Å². The highest BCUT2D eigenvalue weighted by atomic mass is 32.2. The minimum absolute atomic E-state index is 0.0937.